The van der Waals surface area contributed by atoms with Crippen molar-refractivity contribution in [3.63, 3.8) is 0 Å². The Hall–Kier alpha value is -2.21. The lowest BCUT2D eigenvalue weighted by Crippen LogP contribution is -2.48. The van der Waals surface area contributed by atoms with Gasteiger partial charge in [-0.25, -0.2) is 13.6 Å². The van der Waals surface area contributed by atoms with Gasteiger partial charge in [-0.3, -0.25) is 0 Å². The number of carbonyl (C=O) groups excluding carboxylic acids is 1. The Balaban J connectivity index is 1.87. The summed E-state index contributed by atoms with van der Waals surface area (Å²) in [5.41, 5.74) is -0.0283. The first-order valence-electron chi connectivity index (χ1n) is 8.68. The van der Waals surface area contributed by atoms with Crippen LogP contribution in [0.4, 0.5) is 13.6 Å². The molecule has 0 N–H and O–H groups in total. The maximum atomic E-state index is 14.4. The molecule has 1 aliphatic rings. The van der Waals surface area contributed by atoms with E-state index in [1.165, 1.54) is 12.1 Å². The molecule has 1 saturated heterocycles. The highest BCUT2D eigenvalue weighted by Crippen LogP contribution is 2.41. The molecule has 6 heteroatoms. The van der Waals surface area contributed by atoms with Crippen LogP contribution in [-0.2, 0) is 10.3 Å². The van der Waals surface area contributed by atoms with Gasteiger partial charge >= 0.3 is 6.09 Å². The molecule has 1 heterocycles. The van der Waals surface area contributed by atoms with E-state index in [1.54, 1.807) is 11.0 Å². The van der Waals surface area contributed by atoms with Gasteiger partial charge in [0.25, 0.3) is 0 Å². The number of hydrogen-bond acceptors (Lipinski definition) is 2. The third kappa shape index (κ3) is 3.90. The highest BCUT2D eigenvalue weighted by molar-refractivity contribution is 9.10. The number of rotatable bonds is 5. The van der Waals surface area contributed by atoms with E-state index in [4.69, 9.17) is 4.74 Å². The second-order valence-corrected chi connectivity index (χ2v) is 7.57. The Morgan fingerprint density at radius 2 is 2.00 bits per heavy atom. The largest absolute Gasteiger partial charge is 0.437 e. The van der Waals surface area contributed by atoms with E-state index in [9.17, 15) is 13.6 Å². The Bertz CT molecular complexity index is 856. The van der Waals surface area contributed by atoms with Gasteiger partial charge < -0.3 is 9.64 Å². The molecule has 2 aromatic rings. The number of amides is 1. The molecule has 0 unspecified atom stereocenters. The SMILES string of the molecule is C=CC[C@]1(c2ccc(F)cc2F)CCN([C@@H](C)c2ccc(Br)cc2)C(=O)O1. The molecule has 0 aliphatic carbocycles. The summed E-state index contributed by atoms with van der Waals surface area (Å²) in [6, 6.07) is 10.8. The van der Waals surface area contributed by atoms with Gasteiger partial charge in [0.2, 0.25) is 0 Å². The lowest BCUT2D eigenvalue weighted by Gasteiger charge is -2.43. The van der Waals surface area contributed by atoms with Crippen molar-refractivity contribution in [3.8, 4) is 0 Å². The fraction of sp³-hybridized carbons (Fsp3) is 0.286. The molecule has 142 valence electrons. The number of benzene rings is 2. The summed E-state index contributed by atoms with van der Waals surface area (Å²) in [5.74, 6) is -1.39. The van der Waals surface area contributed by atoms with E-state index >= 15 is 0 Å². The molecule has 0 aromatic heterocycles. The molecule has 1 fully saturated rings. The number of carbonyl (C=O) groups is 1. The molecule has 2 atom stereocenters. The maximum Gasteiger partial charge on any atom is 0.411 e. The Morgan fingerprint density at radius 3 is 2.59 bits per heavy atom. The third-order valence-corrected chi connectivity index (χ3v) is 5.52. The first kappa shape index (κ1) is 19.5. The molecular formula is C21H20BrF2NO2. The maximum absolute atomic E-state index is 14.4. The van der Waals surface area contributed by atoms with E-state index in [2.05, 4.69) is 22.5 Å². The van der Waals surface area contributed by atoms with Crippen molar-refractivity contribution in [2.45, 2.75) is 31.4 Å². The van der Waals surface area contributed by atoms with Crippen LogP contribution in [0, 0.1) is 11.6 Å². The molecule has 1 amide bonds. The summed E-state index contributed by atoms with van der Waals surface area (Å²) in [7, 11) is 0. The number of hydrogen-bond donors (Lipinski definition) is 0. The van der Waals surface area contributed by atoms with Crippen LogP contribution >= 0.6 is 15.9 Å². The molecule has 0 bridgehead atoms. The van der Waals surface area contributed by atoms with Gasteiger partial charge in [0.05, 0.1) is 6.04 Å². The molecule has 2 aromatic carbocycles. The first-order valence-corrected chi connectivity index (χ1v) is 9.47. The topological polar surface area (TPSA) is 29.5 Å². The Labute approximate surface area is 165 Å². The van der Waals surface area contributed by atoms with Crippen molar-refractivity contribution < 1.29 is 18.3 Å². The molecule has 3 nitrogen and oxygen atoms in total. The molecule has 0 radical (unpaired) electrons. The predicted molar refractivity (Wildman–Crippen MR) is 103 cm³/mol. The summed E-state index contributed by atoms with van der Waals surface area (Å²) in [4.78, 5) is 14.4. The Morgan fingerprint density at radius 1 is 1.30 bits per heavy atom. The fourth-order valence-electron chi connectivity index (χ4n) is 3.48. The van der Waals surface area contributed by atoms with Gasteiger partial charge in [0.1, 0.15) is 17.2 Å². The van der Waals surface area contributed by atoms with Crippen LogP contribution in [0.15, 0.2) is 59.6 Å². The fourth-order valence-corrected chi connectivity index (χ4v) is 3.74. The summed E-state index contributed by atoms with van der Waals surface area (Å²) in [6.07, 6.45) is 1.70. The zero-order chi connectivity index (χ0) is 19.6. The third-order valence-electron chi connectivity index (χ3n) is 4.99. The van der Waals surface area contributed by atoms with Crippen LogP contribution in [0.3, 0.4) is 0 Å². The summed E-state index contributed by atoms with van der Waals surface area (Å²) in [6.45, 7) is 6.01. The average molecular weight is 436 g/mol. The standard InChI is InChI=1S/C21H20BrF2NO2/c1-3-10-21(18-9-8-17(23)13-19(18)24)11-12-25(20(26)27-21)14(2)15-4-6-16(22)7-5-15/h3-9,13-14H,1,10-12H2,2H3/t14-,21+/m0/s1. The van der Waals surface area contributed by atoms with Gasteiger partial charge in [-0.1, -0.05) is 34.1 Å². The van der Waals surface area contributed by atoms with Crippen LogP contribution in [-0.4, -0.2) is 17.5 Å². The lowest BCUT2D eigenvalue weighted by molar-refractivity contribution is -0.0606. The van der Waals surface area contributed by atoms with Gasteiger partial charge in [-0.2, -0.15) is 0 Å². The van der Waals surface area contributed by atoms with E-state index in [0.717, 1.165) is 16.1 Å². The Kier molecular flexibility index (Phi) is 5.65. The number of ether oxygens (including phenoxy) is 1. The molecule has 27 heavy (non-hydrogen) atoms. The molecule has 0 spiro atoms. The van der Waals surface area contributed by atoms with Crippen LogP contribution < -0.4 is 0 Å². The normalized spacial score (nSPS) is 20.9. The zero-order valence-electron chi connectivity index (χ0n) is 14.9. The highest BCUT2D eigenvalue weighted by atomic mass is 79.9. The summed E-state index contributed by atoms with van der Waals surface area (Å²) >= 11 is 3.40. The van der Waals surface area contributed by atoms with Crippen LogP contribution in [0.5, 0.6) is 0 Å². The number of halogens is 3. The molecule has 1 aliphatic heterocycles. The number of cyclic esters (lactones) is 1. The van der Waals surface area contributed by atoms with E-state index in [-0.39, 0.29) is 18.0 Å². The molecule has 3 rings (SSSR count). The minimum atomic E-state index is -1.17. The van der Waals surface area contributed by atoms with Crippen LogP contribution in [0.2, 0.25) is 0 Å². The van der Waals surface area contributed by atoms with Crippen LogP contribution in [0.1, 0.15) is 36.9 Å². The molecule has 0 saturated carbocycles. The van der Waals surface area contributed by atoms with Gasteiger partial charge in [-0.15, -0.1) is 6.58 Å². The second-order valence-electron chi connectivity index (χ2n) is 6.65. The minimum absolute atomic E-state index is 0.174. The van der Waals surface area contributed by atoms with Crippen molar-refractivity contribution in [2.75, 3.05) is 6.54 Å². The van der Waals surface area contributed by atoms with E-state index in [1.807, 2.05) is 31.2 Å². The van der Waals surface area contributed by atoms with Crippen molar-refractivity contribution in [1.29, 1.82) is 0 Å². The van der Waals surface area contributed by atoms with Crippen molar-refractivity contribution in [2.24, 2.45) is 0 Å². The first-order chi connectivity index (χ1) is 12.9. The van der Waals surface area contributed by atoms with E-state index in [0.29, 0.717) is 13.0 Å². The zero-order valence-corrected chi connectivity index (χ0v) is 16.5. The lowest BCUT2D eigenvalue weighted by atomic mass is 9.85. The van der Waals surface area contributed by atoms with Crippen LogP contribution in [0.25, 0.3) is 0 Å². The second kappa shape index (κ2) is 7.80. The van der Waals surface area contributed by atoms with Crippen molar-refractivity contribution >= 4 is 22.0 Å². The van der Waals surface area contributed by atoms with Gasteiger partial charge in [-0.05, 0) is 36.8 Å². The van der Waals surface area contributed by atoms with Crippen molar-refractivity contribution in [1.82, 2.24) is 4.90 Å². The smallest absolute Gasteiger partial charge is 0.411 e. The minimum Gasteiger partial charge on any atom is -0.437 e. The number of nitrogens with zero attached hydrogens (tertiary/aromatic N) is 1. The average Bonchev–Trinajstić information content (AvgIpc) is 2.62. The monoisotopic (exact) mass is 435 g/mol. The highest BCUT2D eigenvalue weighted by Gasteiger charge is 2.44. The van der Waals surface area contributed by atoms with Gasteiger partial charge in [0.15, 0.2) is 0 Å². The van der Waals surface area contributed by atoms with E-state index < -0.39 is 23.3 Å². The molecular weight excluding hydrogens is 416 g/mol. The summed E-state index contributed by atoms with van der Waals surface area (Å²) in [5, 5.41) is 0. The van der Waals surface area contributed by atoms with Gasteiger partial charge in [0, 0.05) is 35.5 Å². The predicted octanol–water partition coefficient (Wildman–Crippen LogP) is 6.10. The quantitative estimate of drug-likeness (QED) is 0.530. The summed E-state index contributed by atoms with van der Waals surface area (Å²) < 4.78 is 34.4. The van der Waals surface area contributed by atoms with Crippen molar-refractivity contribution in [3.05, 3.63) is 82.4 Å².